The van der Waals surface area contributed by atoms with Crippen LogP contribution in [-0.4, -0.2) is 227 Å². The van der Waals surface area contributed by atoms with Crippen molar-refractivity contribution in [3.05, 3.63) is 11.6 Å². The molecule has 27 atom stereocenters. The molecule has 76 heavy (non-hydrogen) atoms. The Morgan fingerprint density at radius 1 is 0.658 bits per heavy atom. The highest BCUT2D eigenvalue weighted by molar-refractivity contribution is 5.73. The predicted octanol–water partition coefficient (Wildman–Crippen LogP) is -2.27. The maximum Gasteiger partial charge on any atom is 0.335 e. The van der Waals surface area contributed by atoms with E-state index in [1.807, 2.05) is 20.8 Å². The molecule has 7 fully saturated rings. The number of carbonyl (C=O) groups excluding carboxylic acids is 2. The van der Waals surface area contributed by atoms with Crippen LogP contribution in [0.2, 0.25) is 0 Å². The van der Waals surface area contributed by atoms with Gasteiger partial charge in [-0.05, 0) is 78.9 Å². The Balaban J connectivity index is 1.11. The number of hydrogen-bond acceptors (Lipinski definition) is 23. The van der Waals surface area contributed by atoms with Gasteiger partial charge in [0.1, 0.15) is 86.0 Å². The van der Waals surface area contributed by atoms with Gasteiger partial charge in [-0.3, -0.25) is 9.59 Å². The van der Waals surface area contributed by atoms with E-state index in [-0.39, 0.29) is 31.3 Å². The lowest BCUT2D eigenvalue weighted by Crippen LogP contribution is -2.72. The molecule has 0 unspecified atom stereocenters. The maximum atomic E-state index is 13.1. The summed E-state index contributed by atoms with van der Waals surface area (Å²) in [6.07, 6.45) is -28.2. The third-order valence-electron chi connectivity index (χ3n) is 20.3. The van der Waals surface area contributed by atoms with Gasteiger partial charge < -0.3 is 104 Å². The zero-order valence-corrected chi connectivity index (χ0v) is 44.4. The van der Waals surface area contributed by atoms with E-state index in [0.29, 0.717) is 32.1 Å². The number of esters is 2. The second-order valence-electron chi connectivity index (χ2n) is 24.8. The fraction of sp³-hybridized carbons (Fsp3) is 0.904. The molecule has 4 saturated carbocycles. The van der Waals surface area contributed by atoms with Gasteiger partial charge in [0.25, 0.3) is 0 Å². The molecule has 13 N–H and O–H groups in total. The van der Waals surface area contributed by atoms with Gasteiger partial charge in [-0.15, -0.1) is 0 Å². The van der Waals surface area contributed by atoms with E-state index in [9.17, 15) is 80.8 Å². The van der Waals surface area contributed by atoms with E-state index in [4.69, 9.17) is 37.9 Å². The minimum Gasteiger partial charge on any atom is -0.479 e. The number of allylic oxidation sites excluding steroid dienone is 2. The number of aliphatic hydroxyl groups is 12. The van der Waals surface area contributed by atoms with Crippen molar-refractivity contribution in [2.24, 2.45) is 50.2 Å². The minimum atomic E-state index is -2.17. The quantitative estimate of drug-likeness (QED) is 0.0525. The van der Waals surface area contributed by atoms with Crippen LogP contribution in [0.1, 0.15) is 100 Å². The lowest BCUT2D eigenvalue weighted by atomic mass is 9.33. The zero-order chi connectivity index (χ0) is 56.2. The molecule has 24 heteroatoms. The van der Waals surface area contributed by atoms with Crippen LogP contribution in [-0.2, 0) is 52.3 Å². The molecule has 3 heterocycles. The van der Waals surface area contributed by atoms with Crippen LogP contribution in [0.15, 0.2) is 11.6 Å². The van der Waals surface area contributed by atoms with Crippen molar-refractivity contribution >= 4 is 17.9 Å². The van der Waals surface area contributed by atoms with Crippen LogP contribution in [0.25, 0.3) is 0 Å². The summed E-state index contributed by atoms with van der Waals surface area (Å²) >= 11 is 0. The number of ether oxygens (including phenoxy) is 8. The maximum absolute atomic E-state index is 13.1. The van der Waals surface area contributed by atoms with E-state index in [2.05, 4.69) is 26.8 Å². The fourth-order valence-corrected chi connectivity index (χ4v) is 16.0. The van der Waals surface area contributed by atoms with Gasteiger partial charge in [0.2, 0.25) is 0 Å². The average Bonchev–Trinajstić information content (AvgIpc) is 3.35. The van der Waals surface area contributed by atoms with Crippen molar-refractivity contribution in [2.75, 3.05) is 26.4 Å². The normalized spacial score (nSPS) is 51.9. The number of hydrogen-bond donors (Lipinski definition) is 13. The zero-order valence-electron chi connectivity index (χ0n) is 44.4. The monoisotopic (exact) mass is 1090 g/mol. The van der Waals surface area contributed by atoms with E-state index in [1.54, 1.807) is 0 Å². The Morgan fingerprint density at radius 3 is 1.76 bits per heavy atom. The Labute approximate surface area is 440 Å². The number of aliphatic hydroxyl groups excluding tert-OH is 12. The van der Waals surface area contributed by atoms with Crippen LogP contribution in [0.5, 0.6) is 0 Å². The van der Waals surface area contributed by atoms with Crippen molar-refractivity contribution in [1.82, 2.24) is 0 Å². The molecule has 0 aromatic carbocycles. The minimum absolute atomic E-state index is 0.0745. The van der Waals surface area contributed by atoms with Crippen LogP contribution < -0.4 is 0 Å². The van der Waals surface area contributed by atoms with E-state index < -0.39 is 193 Å². The molecule has 3 aliphatic heterocycles. The smallest absolute Gasteiger partial charge is 0.335 e. The number of carboxylic acids is 1. The van der Waals surface area contributed by atoms with Gasteiger partial charge in [-0.25, -0.2) is 4.79 Å². The highest BCUT2D eigenvalue weighted by Crippen LogP contribution is 2.76. The van der Waals surface area contributed by atoms with E-state index >= 15 is 0 Å². The molecule has 5 aliphatic carbocycles. The van der Waals surface area contributed by atoms with Crippen molar-refractivity contribution in [3.8, 4) is 0 Å². The third-order valence-corrected chi connectivity index (χ3v) is 20.3. The number of rotatable bonds is 13. The Kier molecular flexibility index (Phi) is 16.8. The summed E-state index contributed by atoms with van der Waals surface area (Å²) in [5.74, 6) is -3.77. The first kappa shape index (κ1) is 59.5. The average molecular weight is 1090 g/mol. The molecule has 3 saturated heterocycles. The Bertz CT molecular complexity index is 2160. The van der Waals surface area contributed by atoms with Gasteiger partial charge in [0, 0.05) is 24.7 Å². The Hall–Kier alpha value is -2.57. The summed E-state index contributed by atoms with van der Waals surface area (Å²) in [5, 5.41) is 143. The van der Waals surface area contributed by atoms with E-state index in [1.165, 1.54) is 13.8 Å². The summed E-state index contributed by atoms with van der Waals surface area (Å²) in [6, 6.07) is 0. The molecular weight excluding hydrogens is 1010 g/mol. The summed E-state index contributed by atoms with van der Waals surface area (Å²) in [5.41, 5.74) is -4.00. The Morgan fingerprint density at radius 2 is 1.24 bits per heavy atom. The molecule has 0 aromatic rings. The molecule has 0 amide bonds. The standard InChI is InChI=1S/C52H82O24/c1-21(56)69-20-52-24(15-47(3,4)42(41(52)66)70-22(2)57)23-9-10-28-48(5)13-12-30(49(6,19-55)27(48)11-14-50(28,7)51(23,8)16-29(52)58)73-46-39(75-45-36(64)34(62)32(60)26(18-54)72-45)37(65)38(40(76-46)43(67)68)74-44-35(63)33(61)31(59)25(17-53)71-44/h9,24-42,44-46,53-55,58-66H,10-20H2,1-8H3,(H,67,68)/t24-,25+,26+,27+,28+,29+,30-,31+,32+,33-,34-,35+,36+,37-,38-,39+,40-,41-,42-,44-,45-,46+,48-,49+,50+,51+,52-/m0/s1. The van der Waals surface area contributed by atoms with Crippen LogP contribution >= 0.6 is 0 Å². The topological polar surface area (TPSA) is 388 Å². The molecule has 0 radical (unpaired) electrons. The summed E-state index contributed by atoms with van der Waals surface area (Å²) in [4.78, 5) is 38.0. The van der Waals surface area contributed by atoms with Crippen molar-refractivity contribution in [3.63, 3.8) is 0 Å². The predicted molar refractivity (Wildman–Crippen MR) is 255 cm³/mol. The number of aliphatic carboxylic acids is 1. The highest BCUT2D eigenvalue weighted by Gasteiger charge is 2.74. The molecule has 24 nitrogen and oxygen atoms in total. The number of carboxylic acid groups (broad SMARTS) is 1. The molecule has 0 bridgehead atoms. The summed E-state index contributed by atoms with van der Waals surface area (Å²) in [7, 11) is 0. The lowest BCUT2D eigenvalue weighted by Gasteiger charge is -2.72. The molecule has 0 spiro atoms. The number of fused-ring (bicyclic) bond motifs is 7. The first-order valence-corrected chi connectivity index (χ1v) is 26.6. The molecule has 0 aromatic heterocycles. The first-order chi connectivity index (χ1) is 35.4. The molecular formula is C52H82O24. The van der Waals surface area contributed by atoms with Crippen molar-refractivity contribution in [1.29, 1.82) is 0 Å². The van der Waals surface area contributed by atoms with Gasteiger partial charge >= 0.3 is 17.9 Å². The van der Waals surface area contributed by atoms with Crippen LogP contribution in [0, 0.1) is 50.2 Å². The van der Waals surface area contributed by atoms with Crippen LogP contribution in [0.3, 0.4) is 0 Å². The summed E-state index contributed by atoms with van der Waals surface area (Å²) in [6.45, 7) is 12.3. The molecule has 8 aliphatic rings. The highest BCUT2D eigenvalue weighted by atomic mass is 16.8. The first-order valence-electron chi connectivity index (χ1n) is 26.6. The van der Waals surface area contributed by atoms with Crippen LogP contribution in [0.4, 0.5) is 0 Å². The van der Waals surface area contributed by atoms with Crippen molar-refractivity contribution < 1.29 is 119 Å². The second kappa shape index (κ2) is 21.4. The molecule has 434 valence electrons. The SMILES string of the molecule is CC(=O)OC[C@@]12[C@H](O)C[C@]3(C)C(=CC[C@@H]4[C@@]5(C)CC[C@H](O[C@@H]6O[C@H](C(=O)O)[C@@H](O[C@@H]7O[C@H](CO)[C@@H](O)[C@H](O)[C@H]7O)[C@H](O)[C@H]6O[C@@H]6O[C@H](CO)[C@@H](O)[C@H](O)[C@H]6O)[C@](C)(CO)[C@@H]5CC[C@]43C)[C@@H]1CC(C)(C)[C@@H](OC(C)=O)[C@@H]2O. The van der Waals surface area contributed by atoms with Gasteiger partial charge in [-0.2, -0.15) is 0 Å². The lowest BCUT2D eigenvalue weighted by molar-refractivity contribution is -0.392. The van der Waals surface area contributed by atoms with Gasteiger partial charge in [0.15, 0.2) is 25.0 Å². The molecule has 8 rings (SSSR count). The summed E-state index contributed by atoms with van der Waals surface area (Å²) < 4.78 is 47.3. The third kappa shape index (κ3) is 9.37. The second-order valence-corrected chi connectivity index (χ2v) is 24.8. The van der Waals surface area contributed by atoms with Gasteiger partial charge in [0.05, 0.1) is 37.4 Å². The number of carbonyl (C=O) groups is 3. The van der Waals surface area contributed by atoms with Crippen molar-refractivity contribution in [2.45, 2.75) is 217 Å². The fourth-order valence-electron chi connectivity index (χ4n) is 16.0. The van der Waals surface area contributed by atoms with Gasteiger partial charge in [-0.1, -0.05) is 53.2 Å². The largest absolute Gasteiger partial charge is 0.479 e. The van der Waals surface area contributed by atoms with E-state index in [0.717, 1.165) is 5.57 Å².